The van der Waals surface area contributed by atoms with Gasteiger partial charge in [-0.25, -0.2) is 0 Å². The van der Waals surface area contributed by atoms with Crippen LogP contribution in [0.1, 0.15) is 34.6 Å². The zero-order valence-corrected chi connectivity index (χ0v) is 9.63. The van der Waals surface area contributed by atoms with Crippen LogP contribution in [0.2, 0.25) is 0 Å². The maximum atomic E-state index is 8.88. The Morgan fingerprint density at radius 1 is 1.21 bits per heavy atom. The molecule has 0 atom stereocenters. The fraction of sp³-hybridized carbons (Fsp3) is 0.800. The largest absolute Gasteiger partial charge is 0.487 e. The molecule has 1 fully saturated rings. The molecule has 1 heterocycles. The van der Waals surface area contributed by atoms with Crippen LogP contribution < -0.4 is 0 Å². The summed E-state index contributed by atoms with van der Waals surface area (Å²) in [4.78, 5) is 0. The molecule has 0 bridgehead atoms. The molecule has 0 aromatic carbocycles. The van der Waals surface area contributed by atoms with Crippen molar-refractivity contribution in [1.29, 1.82) is 0 Å². The third-order valence-electron chi connectivity index (χ3n) is 2.94. The van der Waals surface area contributed by atoms with E-state index in [0.717, 1.165) is 5.57 Å². The molecule has 1 rings (SSSR count). The fourth-order valence-corrected chi connectivity index (χ4v) is 1.24. The highest BCUT2D eigenvalue weighted by Crippen LogP contribution is 2.37. The second-order valence-corrected chi connectivity index (χ2v) is 4.80. The smallest absolute Gasteiger partial charge is 0.400 e. The first-order valence-corrected chi connectivity index (χ1v) is 4.92. The Bertz CT molecular complexity index is 230. The Hall–Kier alpha value is -0.315. The summed E-state index contributed by atoms with van der Waals surface area (Å²) in [6.45, 7) is 9.93. The van der Waals surface area contributed by atoms with Crippen molar-refractivity contribution >= 4 is 7.12 Å². The van der Waals surface area contributed by atoms with E-state index in [2.05, 4.69) is 0 Å². The minimum absolute atomic E-state index is 0.0457. The Balaban J connectivity index is 2.73. The van der Waals surface area contributed by atoms with Crippen molar-refractivity contribution < 1.29 is 14.4 Å². The normalized spacial score (nSPS) is 25.6. The van der Waals surface area contributed by atoms with Gasteiger partial charge in [0, 0.05) is 0 Å². The van der Waals surface area contributed by atoms with Crippen LogP contribution in [-0.2, 0) is 9.31 Å². The molecule has 0 unspecified atom stereocenters. The van der Waals surface area contributed by atoms with Gasteiger partial charge in [-0.3, -0.25) is 0 Å². The van der Waals surface area contributed by atoms with Crippen LogP contribution in [0.25, 0.3) is 0 Å². The Morgan fingerprint density at radius 2 is 1.64 bits per heavy atom. The van der Waals surface area contributed by atoms with Gasteiger partial charge in [0.2, 0.25) is 0 Å². The van der Waals surface area contributed by atoms with Crippen molar-refractivity contribution in [3.05, 3.63) is 11.5 Å². The van der Waals surface area contributed by atoms with E-state index in [-0.39, 0.29) is 24.9 Å². The van der Waals surface area contributed by atoms with Gasteiger partial charge in [0.1, 0.15) is 0 Å². The van der Waals surface area contributed by atoms with Crippen molar-refractivity contribution in [2.45, 2.75) is 45.8 Å². The maximum Gasteiger partial charge on any atom is 0.487 e. The summed E-state index contributed by atoms with van der Waals surface area (Å²) in [5, 5.41) is 8.88. The highest BCUT2D eigenvalue weighted by atomic mass is 16.7. The number of aliphatic hydroxyl groups is 1. The maximum absolute atomic E-state index is 8.88. The predicted octanol–water partition coefficient (Wildman–Crippen LogP) is 1.56. The van der Waals surface area contributed by atoms with Gasteiger partial charge in [-0.05, 0) is 34.6 Å². The minimum atomic E-state index is -0.341. The number of hydrogen-bond acceptors (Lipinski definition) is 3. The lowest BCUT2D eigenvalue weighted by Gasteiger charge is -2.32. The molecule has 0 aromatic heterocycles. The van der Waals surface area contributed by atoms with E-state index in [0.29, 0.717) is 0 Å². The quantitative estimate of drug-likeness (QED) is 0.684. The second kappa shape index (κ2) is 3.68. The van der Waals surface area contributed by atoms with Gasteiger partial charge in [-0.2, -0.15) is 0 Å². The molecule has 80 valence electrons. The van der Waals surface area contributed by atoms with Crippen LogP contribution in [-0.4, -0.2) is 30.0 Å². The van der Waals surface area contributed by atoms with E-state index in [9.17, 15) is 0 Å². The van der Waals surface area contributed by atoms with E-state index >= 15 is 0 Å². The summed E-state index contributed by atoms with van der Waals surface area (Å²) in [5.74, 6) is 1.82. The summed E-state index contributed by atoms with van der Waals surface area (Å²) in [7, 11) is -0.341. The van der Waals surface area contributed by atoms with Gasteiger partial charge in [-0.1, -0.05) is 11.5 Å². The first kappa shape index (κ1) is 11.8. The van der Waals surface area contributed by atoms with Gasteiger partial charge in [-0.15, -0.1) is 0 Å². The molecule has 0 spiro atoms. The van der Waals surface area contributed by atoms with Crippen LogP contribution in [0.4, 0.5) is 0 Å². The monoisotopic (exact) mass is 198 g/mol. The van der Waals surface area contributed by atoms with Gasteiger partial charge < -0.3 is 14.4 Å². The molecule has 0 amide bonds. The summed E-state index contributed by atoms with van der Waals surface area (Å²) < 4.78 is 11.5. The van der Waals surface area contributed by atoms with Crippen LogP contribution in [0.3, 0.4) is 0 Å². The number of rotatable bonds is 2. The molecule has 0 aromatic rings. The molecule has 0 radical (unpaired) electrons. The van der Waals surface area contributed by atoms with E-state index in [1.54, 1.807) is 0 Å². The lowest BCUT2D eigenvalue weighted by molar-refractivity contribution is 0.00578. The second-order valence-electron chi connectivity index (χ2n) is 4.80. The molecule has 14 heavy (non-hydrogen) atoms. The molecule has 3 nitrogen and oxygen atoms in total. The van der Waals surface area contributed by atoms with Gasteiger partial charge >= 0.3 is 7.12 Å². The predicted molar refractivity (Wildman–Crippen MR) is 56.9 cm³/mol. The van der Waals surface area contributed by atoms with Crippen molar-refractivity contribution in [3.8, 4) is 0 Å². The van der Waals surface area contributed by atoms with Gasteiger partial charge in [0.25, 0.3) is 0 Å². The van der Waals surface area contributed by atoms with E-state index < -0.39 is 0 Å². The molecule has 4 heteroatoms. The minimum Gasteiger partial charge on any atom is -0.400 e. The van der Waals surface area contributed by atoms with Gasteiger partial charge in [0.05, 0.1) is 17.8 Å². The molecule has 1 saturated heterocycles. The molecule has 0 saturated carbocycles. The molecule has 0 aliphatic carbocycles. The van der Waals surface area contributed by atoms with Crippen LogP contribution in [0, 0.1) is 0 Å². The standard InChI is InChI=1S/C10H19BO3/c1-8(7-12)6-11-13-9(2,3)10(4,5)14-11/h6,12H,7H2,1-5H3/b8-6+. The summed E-state index contributed by atoms with van der Waals surface area (Å²) >= 11 is 0. The molecular formula is C10H19BO3. The van der Waals surface area contributed by atoms with Crippen molar-refractivity contribution in [3.63, 3.8) is 0 Å². The van der Waals surface area contributed by atoms with Gasteiger partial charge in [0.15, 0.2) is 0 Å². The third-order valence-corrected chi connectivity index (χ3v) is 2.94. The Labute approximate surface area is 86.2 Å². The Morgan fingerprint density at radius 3 is 2.00 bits per heavy atom. The van der Waals surface area contributed by atoms with E-state index in [1.807, 2.05) is 40.6 Å². The highest BCUT2D eigenvalue weighted by molar-refractivity contribution is 6.51. The lowest BCUT2D eigenvalue weighted by Crippen LogP contribution is -2.41. The summed E-state index contributed by atoms with van der Waals surface area (Å²) in [6, 6.07) is 0. The highest BCUT2D eigenvalue weighted by Gasteiger charge is 2.50. The average molecular weight is 198 g/mol. The summed E-state index contributed by atoms with van der Waals surface area (Å²) in [6.07, 6.45) is 0. The van der Waals surface area contributed by atoms with Crippen molar-refractivity contribution in [1.82, 2.24) is 0 Å². The molecule has 1 aliphatic heterocycles. The number of aliphatic hydroxyl groups excluding tert-OH is 1. The first-order chi connectivity index (χ1) is 6.28. The summed E-state index contributed by atoms with van der Waals surface area (Å²) in [5.41, 5.74) is 0.261. The SMILES string of the molecule is C/C(=C\B1OC(C)(C)C(C)(C)O1)CO. The van der Waals surface area contributed by atoms with Crippen LogP contribution >= 0.6 is 0 Å². The topological polar surface area (TPSA) is 38.7 Å². The third kappa shape index (κ3) is 2.19. The molecule has 1 N–H and O–H groups in total. The zero-order chi connectivity index (χ0) is 11.0. The van der Waals surface area contributed by atoms with E-state index in [4.69, 9.17) is 14.4 Å². The fourth-order valence-electron chi connectivity index (χ4n) is 1.24. The molecular weight excluding hydrogens is 179 g/mol. The first-order valence-electron chi connectivity index (χ1n) is 4.92. The van der Waals surface area contributed by atoms with Crippen molar-refractivity contribution in [2.24, 2.45) is 0 Å². The van der Waals surface area contributed by atoms with Crippen LogP contribution in [0.5, 0.6) is 0 Å². The van der Waals surface area contributed by atoms with Crippen LogP contribution in [0.15, 0.2) is 11.5 Å². The van der Waals surface area contributed by atoms with Crippen molar-refractivity contribution in [2.75, 3.05) is 6.61 Å². The number of hydrogen-bond donors (Lipinski definition) is 1. The lowest BCUT2D eigenvalue weighted by atomic mass is 9.87. The van der Waals surface area contributed by atoms with E-state index in [1.165, 1.54) is 0 Å². The molecule has 1 aliphatic rings. The zero-order valence-electron chi connectivity index (χ0n) is 9.63. The Kier molecular flexibility index (Phi) is 3.09. The average Bonchev–Trinajstić information content (AvgIpc) is 2.20.